The van der Waals surface area contributed by atoms with E-state index in [0.717, 1.165) is 32.8 Å². The predicted molar refractivity (Wildman–Crippen MR) is 114 cm³/mol. The van der Waals surface area contributed by atoms with Crippen LogP contribution in [0.1, 0.15) is 5.82 Å². The van der Waals surface area contributed by atoms with Crippen LogP contribution in [-0.2, 0) is 7.05 Å². The van der Waals surface area contributed by atoms with Crippen molar-refractivity contribution in [2.75, 3.05) is 5.75 Å². The van der Waals surface area contributed by atoms with Crippen LogP contribution in [0.15, 0.2) is 68.4 Å². The van der Waals surface area contributed by atoms with Crippen molar-refractivity contribution in [2.24, 2.45) is 7.05 Å². The van der Waals surface area contributed by atoms with Crippen molar-refractivity contribution < 1.29 is 9.52 Å². The van der Waals surface area contributed by atoms with Gasteiger partial charge in [-0.1, -0.05) is 36.0 Å². The van der Waals surface area contributed by atoms with Gasteiger partial charge in [-0.15, -0.1) is 10.2 Å². The van der Waals surface area contributed by atoms with Gasteiger partial charge in [0.05, 0.1) is 22.3 Å². The van der Waals surface area contributed by atoms with E-state index < -0.39 is 0 Å². The summed E-state index contributed by atoms with van der Waals surface area (Å²) in [5, 5.41) is 28.5. The molecule has 29 heavy (non-hydrogen) atoms. The molecule has 9 heteroatoms. The Kier molecular flexibility index (Phi) is 5.38. The minimum atomic E-state index is -0.100. The number of fused-ring (bicyclic) bond motifs is 1. The van der Waals surface area contributed by atoms with Crippen molar-refractivity contribution in [1.29, 1.82) is 5.26 Å². The van der Waals surface area contributed by atoms with Crippen molar-refractivity contribution >= 4 is 44.3 Å². The average Bonchev–Trinajstić information content (AvgIpc) is 3.33. The number of aromatic nitrogens is 4. The third-order valence-electron chi connectivity index (χ3n) is 4.25. The summed E-state index contributed by atoms with van der Waals surface area (Å²) in [7, 11) is 1.81. The molecule has 0 saturated heterocycles. The molecule has 0 spiro atoms. The molecule has 0 bridgehead atoms. The number of thioether (sulfide) groups is 1. The van der Waals surface area contributed by atoms with Crippen LogP contribution in [0.2, 0.25) is 0 Å². The van der Waals surface area contributed by atoms with E-state index in [-0.39, 0.29) is 17.1 Å². The van der Waals surface area contributed by atoms with Gasteiger partial charge in [0.1, 0.15) is 17.4 Å². The van der Waals surface area contributed by atoms with Gasteiger partial charge in [-0.05, 0) is 40.2 Å². The molecule has 0 unspecified atom stereocenters. The molecule has 144 valence electrons. The highest BCUT2D eigenvalue weighted by Gasteiger charge is 2.18. The number of rotatable bonds is 5. The zero-order valence-electron chi connectivity index (χ0n) is 15.2. The smallest absolute Gasteiger partial charge is 0.277 e. The Labute approximate surface area is 178 Å². The lowest BCUT2D eigenvalue weighted by Crippen LogP contribution is -2.00. The van der Waals surface area contributed by atoms with E-state index in [1.54, 1.807) is 4.57 Å². The van der Waals surface area contributed by atoms with Crippen LogP contribution in [0.25, 0.3) is 28.1 Å². The molecule has 0 aliphatic heterocycles. The summed E-state index contributed by atoms with van der Waals surface area (Å²) in [6, 6.07) is 17.1. The molecular weight excluding hydrogens is 454 g/mol. The number of aliphatic hydroxyl groups is 1. The van der Waals surface area contributed by atoms with Gasteiger partial charge in [0.2, 0.25) is 5.89 Å². The summed E-state index contributed by atoms with van der Waals surface area (Å²) in [5.74, 6) is 0.783. The maximum absolute atomic E-state index is 10.5. The largest absolute Gasteiger partial charge is 0.510 e. The first-order chi connectivity index (χ1) is 14.1. The van der Waals surface area contributed by atoms with E-state index in [0.29, 0.717) is 16.9 Å². The van der Waals surface area contributed by atoms with Crippen LogP contribution in [0, 0.1) is 11.3 Å². The van der Waals surface area contributed by atoms with Gasteiger partial charge >= 0.3 is 0 Å². The minimum absolute atomic E-state index is 0.100. The van der Waals surface area contributed by atoms with Crippen molar-refractivity contribution in [1.82, 2.24) is 19.7 Å². The molecular formula is C20H14BrN5O2S. The monoisotopic (exact) mass is 467 g/mol. The zero-order valence-corrected chi connectivity index (χ0v) is 17.6. The summed E-state index contributed by atoms with van der Waals surface area (Å²) >= 11 is 4.60. The molecule has 0 fully saturated rings. The quantitative estimate of drug-likeness (QED) is 0.251. The Morgan fingerprint density at radius 1 is 1.21 bits per heavy atom. The third kappa shape index (κ3) is 3.77. The molecule has 0 aliphatic carbocycles. The first-order valence-corrected chi connectivity index (χ1v) is 10.3. The van der Waals surface area contributed by atoms with E-state index in [9.17, 15) is 10.4 Å². The number of aryl methyl sites for hydroxylation is 1. The number of hydrogen-bond donors (Lipinski definition) is 1. The number of benzene rings is 2. The van der Waals surface area contributed by atoms with Gasteiger partial charge in [-0.25, -0.2) is 4.98 Å². The third-order valence-corrected chi connectivity index (χ3v) is 5.78. The second kappa shape index (κ2) is 8.11. The van der Waals surface area contributed by atoms with Crippen molar-refractivity contribution in [3.8, 4) is 17.5 Å². The lowest BCUT2D eigenvalue weighted by atomic mass is 10.2. The molecule has 7 nitrogen and oxygen atoms in total. The fourth-order valence-corrected chi connectivity index (χ4v) is 3.92. The van der Waals surface area contributed by atoms with Gasteiger partial charge in [0.25, 0.3) is 5.22 Å². The SMILES string of the molecule is Cn1c(/C(C#N)=C(\O)CSc2nnc(-c3ccccc3Br)o2)nc2ccccc21. The number of allylic oxidation sites excluding steroid dienone is 1. The van der Waals surface area contributed by atoms with E-state index in [1.807, 2.05) is 55.6 Å². The number of aliphatic hydroxyl groups excluding tert-OH is 1. The highest BCUT2D eigenvalue weighted by atomic mass is 79.9. The topological polar surface area (TPSA) is 101 Å². The van der Waals surface area contributed by atoms with E-state index in [1.165, 1.54) is 0 Å². The molecule has 1 N–H and O–H groups in total. The number of nitrogens with zero attached hydrogens (tertiary/aromatic N) is 5. The molecule has 2 aromatic carbocycles. The van der Waals surface area contributed by atoms with Gasteiger partial charge in [0.15, 0.2) is 5.82 Å². The van der Waals surface area contributed by atoms with E-state index in [2.05, 4.69) is 37.2 Å². The van der Waals surface area contributed by atoms with Crippen molar-refractivity contribution in [3.63, 3.8) is 0 Å². The lowest BCUT2D eigenvalue weighted by molar-refractivity contribution is 0.418. The summed E-state index contributed by atoms with van der Waals surface area (Å²) < 4.78 is 8.29. The van der Waals surface area contributed by atoms with Crippen LogP contribution in [-0.4, -0.2) is 30.6 Å². The van der Waals surface area contributed by atoms with Crippen LogP contribution in [0.5, 0.6) is 0 Å². The predicted octanol–water partition coefficient (Wildman–Crippen LogP) is 4.97. The van der Waals surface area contributed by atoms with Crippen LogP contribution in [0.3, 0.4) is 0 Å². The van der Waals surface area contributed by atoms with Gasteiger partial charge in [-0.2, -0.15) is 5.26 Å². The Balaban J connectivity index is 1.57. The highest BCUT2D eigenvalue weighted by molar-refractivity contribution is 9.10. The zero-order chi connectivity index (χ0) is 20.4. The fourth-order valence-electron chi connectivity index (χ4n) is 2.83. The van der Waals surface area contributed by atoms with E-state index in [4.69, 9.17) is 4.42 Å². The normalized spacial score (nSPS) is 12.0. The first kappa shape index (κ1) is 19.2. The number of hydrogen-bond acceptors (Lipinski definition) is 7. The van der Waals surface area contributed by atoms with Crippen LogP contribution < -0.4 is 0 Å². The van der Waals surface area contributed by atoms with E-state index >= 15 is 0 Å². The molecule has 2 aromatic heterocycles. The van der Waals surface area contributed by atoms with Crippen molar-refractivity contribution in [3.05, 3.63) is 64.6 Å². The summed E-state index contributed by atoms with van der Waals surface area (Å²) in [4.78, 5) is 4.47. The molecule has 0 radical (unpaired) electrons. The summed E-state index contributed by atoms with van der Waals surface area (Å²) in [6.45, 7) is 0. The molecule has 0 atom stereocenters. The average molecular weight is 468 g/mol. The summed E-state index contributed by atoms with van der Waals surface area (Å²) in [5.41, 5.74) is 2.53. The molecule has 0 aliphatic rings. The lowest BCUT2D eigenvalue weighted by Gasteiger charge is -2.04. The maximum atomic E-state index is 10.5. The molecule has 0 amide bonds. The number of nitriles is 1. The Morgan fingerprint density at radius 3 is 2.72 bits per heavy atom. The molecule has 0 saturated carbocycles. The van der Waals surface area contributed by atoms with Gasteiger partial charge in [-0.3, -0.25) is 0 Å². The number of para-hydroxylation sites is 2. The van der Waals surface area contributed by atoms with Crippen LogP contribution >= 0.6 is 27.7 Å². The fraction of sp³-hybridized carbons (Fsp3) is 0.100. The minimum Gasteiger partial charge on any atom is -0.510 e. The standard InChI is InChI=1S/C20H14BrN5O2S/c1-26-16-9-5-4-8-15(16)23-18(26)13(10-22)17(27)11-29-20-25-24-19(28-20)12-6-2-3-7-14(12)21/h2-9,27H,11H2,1H3/b17-13-. The van der Waals surface area contributed by atoms with Crippen molar-refractivity contribution in [2.45, 2.75) is 5.22 Å². The Morgan fingerprint density at radius 2 is 1.97 bits per heavy atom. The number of halogens is 1. The van der Waals surface area contributed by atoms with Crippen LogP contribution in [0.4, 0.5) is 0 Å². The molecule has 4 aromatic rings. The highest BCUT2D eigenvalue weighted by Crippen LogP contribution is 2.30. The molecule has 4 rings (SSSR count). The van der Waals surface area contributed by atoms with Gasteiger partial charge in [0, 0.05) is 11.5 Å². The first-order valence-electron chi connectivity index (χ1n) is 8.53. The maximum Gasteiger partial charge on any atom is 0.277 e. The molecule has 2 heterocycles. The summed E-state index contributed by atoms with van der Waals surface area (Å²) in [6.07, 6.45) is 0. The second-order valence-electron chi connectivity index (χ2n) is 6.06. The van der Waals surface area contributed by atoms with Gasteiger partial charge < -0.3 is 14.1 Å². The second-order valence-corrected chi connectivity index (χ2v) is 7.84. The Bertz CT molecular complexity index is 1270. The Hall–Kier alpha value is -3.09. The number of imidazole rings is 1.